The topological polar surface area (TPSA) is 52.3 Å². The quantitative estimate of drug-likeness (QED) is 0.734. The SMILES string of the molecule is CC(C)OC(=O)c1c(-c2ccc(C3CCCCC3)cc2)csc1N. The van der Waals surface area contributed by atoms with Gasteiger partial charge in [-0.1, -0.05) is 43.5 Å². The van der Waals surface area contributed by atoms with E-state index in [0.29, 0.717) is 16.5 Å². The number of nitrogen functional groups attached to an aromatic ring is 1. The summed E-state index contributed by atoms with van der Waals surface area (Å²) in [5.41, 5.74) is 9.83. The number of nitrogens with two attached hydrogens (primary N) is 1. The maximum Gasteiger partial charge on any atom is 0.342 e. The van der Waals surface area contributed by atoms with Gasteiger partial charge in [0, 0.05) is 10.9 Å². The van der Waals surface area contributed by atoms with Gasteiger partial charge in [-0.05, 0) is 43.7 Å². The third-order valence-corrected chi connectivity index (χ3v) is 5.48. The van der Waals surface area contributed by atoms with Crippen molar-refractivity contribution in [3.8, 4) is 11.1 Å². The molecule has 0 radical (unpaired) electrons. The molecule has 0 spiro atoms. The predicted molar refractivity (Wildman–Crippen MR) is 101 cm³/mol. The Morgan fingerprint density at radius 1 is 1.17 bits per heavy atom. The van der Waals surface area contributed by atoms with Crippen molar-refractivity contribution in [3.63, 3.8) is 0 Å². The molecule has 1 aromatic carbocycles. The molecule has 0 bridgehead atoms. The Balaban J connectivity index is 1.85. The van der Waals surface area contributed by atoms with Gasteiger partial charge in [0.1, 0.15) is 10.6 Å². The Labute approximate surface area is 147 Å². The van der Waals surface area contributed by atoms with Crippen LogP contribution in [-0.4, -0.2) is 12.1 Å². The zero-order valence-electron chi connectivity index (χ0n) is 14.4. The Hall–Kier alpha value is -1.81. The lowest BCUT2D eigenvalue weighted by molar-refractivity contribution is 0.0380. The summed E-state index contributed by atoms with van der Waals surface area (Å²) in [4.78, 5) is 12.3. The number of hydrogen-bond donors (Lipinski definition) is 1. The monoisotopic (exact) mass is 343 g/mol. The number of esters is 1. The van der Waals surface area contributed by atoms with Crippen LogP contribution >= 0.6 is 11.3 Å². The Morgan fingerprint density at radius 3 is 2.46 bits per heavy atom. The van der Waals surface area contributed by atoms with Crippen LogP contribution < -0.4 is 5.73 Å². The van der Waals surface area contributed by atoms with Crippen LogP contribution in [0, 0.1) is 0 Å². The molecule has 1 aromatic heterocycles. The number of hydrogen-bond acceptors (Lipinski definition) is 4. The highest BCUT2D eigenvalue weighted by Gasteiger charge is 2.21. The van der Waals surface area contributed by atoms with Gasteiger partial charge in [0.25, 0.3) is 0 Å². The van der Waals surface area contributed by atoms with Crippen LogP contribution in [0.1, 0.15) is 67.8 Å². The van der Waals surface area contributed by atoms with E-state index in [1.54, 1.807) is 0 Å². The Morgan fingerprint density at radius 2 is 1.83 bits per heavy atom. The second-order valence-corrected chi connectivity index (χ2v) is 7.71. The molecule has 0 aliphatic heterocycles. The number of carbonyl (C=O) groups is 1. The molecule has 3 rings (SSSR count). The van der Waals surface area contributed by atoms with E-state index in [1.165, 1.54) is 49.0 Å². The summed E-state index contributed by atoms with van der Waals surface area (Å²) < 4.78 is 5.34. The largest absolute Gasteiger partial charge is 0.459 e. The third kappa shape index (κ3) is 3.64. The molecule has 1 heterocycles. The number of thiophene rings is 1. The molecule has 2 N–H and O–H groups in total. The first-order valence-corrected chi connectivity index (χ1v) is 9.62. The molecular weight excluding hydrogens is 318 g/mol. The summed E-state index contributed by atoms with van der Waals surface area (Å²) in [6.07, 6.45) is 6.45. The van der Waals surface area contributed by atoms with Crippen LogP contribution in [0.2, 0.25) is 0 Å². The van der Waals surface area contributed by atoms with Gasteiger partial charge in [0.2, 0.25) is 0 Å². The summed E-state index contributed by atoms with van der Waals surface area (Å²) in [7, 11) is 0. The number of rotatable bonds is 4. The molecule has 0 atom stereocenters. The smallest absolute Gasteiger partial charge is 0.342 e. The number of benzene rings is 1. The first-order chi connectivity index (χ1) is 11.6. The van der Waals surface area contributed by atoms with E-state index in [0.717, 1.165) is 11.1 Å². The van der Waals surface area contributed by atoms with Crippen molar-refractivity contribution < 1.29 is 9.53 Å². The fourth-order valence-corrected chi connectivity index (χ4v) is 4.25. The highest BCUT2D eigenvalue weighted by molar-refractivity contribution is 7.14. The average molecular weight is 343 g/mol. The van der Waals surface area contributed by atoms with Gasteiger partial charge in [-0.15, -0.1) is 11.3 Å². The van der Waals surface area contributed by atoms with Crippen molar-refractivity contribution >= 4 is 22.3 Å². The van der Waals surface area contributed by atoms with E-state index in [-0.39, 0.29) is 12.1 Å². The minimum absolute atomic E-state index is 0.154. The Kier molecular flexibility index (Phi) is 5.24. The van der Waals surface area contributed by atoms with Gasteiger partial charge in [-0.2, -0.15) is 0 Å². The van der Waals surface area contributed by atoms with Crippen LogP contribution in [0.4, 0.5) is 5.00 Å². The normalized spacial score (nSPS) is 15.6. The molecule has 1 fully saturated rings. The van der Waals surface area contributed by atoms with E-state index in [4.69, 9.17) is 10.5 Å². The van der Waals surface area contributed by atoms with Crippen LogP contribution in [-0.2, 0) is 4.74 Å². The molecule has 128 valence electrons. The molecule has 3 nitrogen and oxygen atoms in total. The summed E-state index contributed by atoms with van der Waals surface area (Å²) in [6, 6.07) is 8.63. The maximum absolute atomic E-state index is 12.3. The van der Waals surface area contributed by atoms with Gasteiger partial charge in [0.05, 0.1) is 6.10 Å². The highest BCUT2D eigenvalue weighted by atomic mass is 32.1. The zero-order valence-corrected chi connectivity index (χ0v) is 15.2. The van der Waals surface area contributed by atoms with Gasteiger partial charge >= 0.3 is 5.97 Å². The number of carbonyl (C=O) groups excluding carboxylic acids is 1. The zero-order chi connectivity index (χ0) is 17.1. The summed E-state index contributed by atoms with van der Waals surface area (Å²) in [5.74, 6) is 0.348. The van der Waals surface area contributed by atoms with E-state index >= 15 is 0 Å². The number of ether oxygens (including phenoxy) is 1. The van der Waals surface area contributed by atoms with Crippen molar-refractivity contribution in [2.75, 3.05) is 5.73 Å². The lowest BCUT2D eigenvalue weighted by Crippen LogP contribution is -2.13. The van der Waals surface area contributed by atoms with Crippen LogP contribution in [0.15, 0.2) is 29.6 Å². The van der Waals surface area contributed by atoms with Crippen molar-refractivity contribution in [3.05, 3.63) is 40.8 Å². The van der Waals surface area contributed by atoms with Gasteiger partial charge in [-0.25, -0.2) is 4.79 Å². The fourth-order valence-electron chi connectivity index (χ4n) is 3.44. The molecule has 0 amide bonds. The summed E-state index contributed by atoms with van der Waals surface area (Å²) >= 11 is 1.39. The molecule has 0 unspecified atom stereocenters. The molecule has 1 aliphatic rings. The molecule has 24 heavy (non-hydrogen) atoms. The van der Waals surface area contributed by atoms with E-state index < -0.39 is 0 Å². The second-order valence-electron chi connectivity index (χ2n) is 6.80. The number of anilines is 1. The van der Waals surface area contributed by atoms with Gasteiger partial charge in [-0.3, -0.25) is 0 Å². The molecule has 2 aromatic rings. The van der Waals surface area contributed by atoms with E-state index in [2.05, 4.69) is 24.3 Å². The van der Waals surface area contributed by atoms with Crippen molar-refractivity contribution in [2.45, 2.75) is 58.0 Å². The molecular formula is C20H25NO2S. The van der Waals surface area contributed by atoms with Crippen molar-refractivity contribution in [1.82, 2.24) is 0 Å². The molecule has 1 saturated carbocycles. The minimum Gasteiger partial charge on any atom is -0.459 e. The molecule has 0 saturated heterocycles. The van der Waals surface area contributed by atoms with Gasteiger partial charge < -0.3 is 10.5 Å². The molecule has 4 heteroatoms. The van der Waals surface area contributed by atoms with Gasteiger partial charge in [0.15, 0.2) is 0 Å². The van der Waals surface area contributed by atoms with Crippen molar-refractivity contribution in [2.24, 2.45) is 0 Å². The fraction of sp³-hybridized carbons (Fsp3) is 0.450. The molecule has 1 aliphatic carbocycles. The Bertz CT molecular complexity index is 697. The van der Waals surface area contributed by atoms with Crippen LogP contribution in [0.5, 0.6) is 0 Å². The average Bonchev–Trinajstić information content (AvgIpc) is 2.97. The first-order valence-electron chi connectivity index (χ1n) is 8.74. The standard InChI is InChI=1S/C20H25NO2S/c1-13(2)23-20(22)18-17(12-24-19(18)21)16-10-8-15(9-11-16)14-6-4-3-5-7-14/h8-14H,3-7,21H2,1-2H3. The van der Waals surface area contributed by atoms with Crippen LogP contribution in [0.3, 0.4) is 0 Å². The lowest BCUT2D eigenvalue weighted by atomic mass is 9.83. The maximum atomic E-state index is 12.3. The summed E-state index contributed by atoms with van der Waals surface area (Å²) in [6.45, 7) is 3.69. The second kappa shape index (κ2) is 7.39. The van der Waals surface area contributed by atoms with E-state index in [9.17, 15) is 4.79 Å². The first kappa shape index (κ1) is 17.0. The predicted octanol–water partition coefficient (Wildman–Crippen LogP) is 5.61. The minimum atomic E-state index is -0.338. The highest BCUT2D eigenvalue weighted by Crippen LogP contribution is 2.37. The third-order valence-electron chi connectivity index (χ3n) is 4.66. The summed E-state index contributed by atoms with van der Waals surface area (Å²) in [5, 5.41) is 2.47. The lowest BCUT2D eigenvalue weighted by Gasteiger charge is -2.22. The van der Waals surface area contributed by atoms with Crippen molar-refractivity contribution in [1.29, 1.82) is 0 Å². The van der Waals surface area contributed by atoms with E-state index in [1.807, 2.05) is 19.2 Å². The van der Waals surface area contributed by atoms with Crippen LogP contribution in [0.25, 0.3) is 11.1 Å².